The topological polar surface area (TPSA) is 85.1 Å². The molecule has 1 fully saturated rings. The van der Waals surface area contributed by atoms with Crippen LogP contribution < -0.4 is 11.1 Å². The van der Waals surface area contributed by atoms with Gasteiger partial charge < -0.3 is 11.1 Å². The largest absolute Gasteiger partial charge is 0.370 e. The number of amides is 2. The number of carbonyl (C=O) groups is 2. The minimum absolute atomic E-state index is 0.0934. The Morgan fingerprint density at radius 1 is 1.27 bits per heavy atom. The van der Waals surface area contributed by atoms with Gasteiger partial charge in [0.1, 0.15) is 0 Å². The molecule has 0 bridgehead atoms. The van der Waals surface area contributed by atoms with Crippen LogP contribution in [-0.4, -0.2) is 16.8 Å². The van der Waals surface area contributed by atoms with Gasteiger partial charge in [-0.05, 0) is 56.1 Å². The molecular weight excluding hydrogens is 278 g/mol. The van der Waals surface area contributed by atoms with Crippen LogP contribution >= 0.6 is 0 Å². The molecule has 1 aliphatic carbocycles. The Morgan fingerprint density at radius 3 is 2.50 bits per heavy atom. The molecule has 0 saturated heterocycles. The molecule has 0 radical (unpaired) electrons. The van der Waals surface area contributed by atoms with Crippen molar-refractivity contribution >= 4 is 17.5 Å². The average molecular weight is 303 g/mol. The van der Waals surface area contributed by atoms with Gasteiger partial charge in [-0.25, -0.2) is 0 Å². The van der Waals surface area contributed by atoms with Gasteiger partial charge in [0.25, 0.3) is 0 Å². The van der Waals surface area contributed by atoms with Crippen molar-refractivity contribution in [1.82, 2.24) is 4.98 Å². The van der Waals surface area contributed by atoms with E-state index >= 15 is 0 Å². The molecule has 22 heavy (non-hydrogen) atoms. The van der Waals surface area contributed by atoms with Crippen molar-refractivity contribution in [1.29, 1.82) is 0 Å². The Bertz CT molecular complexity index is 496. The van der Waals surface area contributed by atoms with Crippen molar-refractivity contribution in [3.8, 4) is 0 Å². The first-order valence-electron chi connectivity index (χ1n) is 8.03. The van der Waals surface area contributed by atoms with E-state index in [4.69, 9.17) is 5.73 Å². The van der Waals surface area contributed by atoms with Crippen LogP contribution in [0.5, 0.6) is 0 Å². The summed E-state index contributed by atoms with van der Waals surface area (Å²) in [4.78, 5) is 27.1. The van der Waals surface area contributed by atoms with Crippen molar-refractivity contribution in [3.63, 3.8) is 0 Å². The number of aromatic nitrogens is 1. The van der Waals surface area contributed by atoms with Crippen molar-refractivity contribution in [2.45, 2.75) is 45.4 Å². The molecule has 1 heterocycles. The maximum absolute atomic E-state index is 12.2. The fraction of sp³-hybridized carbons (Fsp3) is 0.588. The first-order valence-corrected chi connectivity index (χ1v) is 8.03. The Hall–Kier alpha value is -1.91. The molecule has 1 atom stereocenters. The molecule has 1 aliphatic rings. The van der Waals surface area contributed by atoms with Crippen LogP contribution in [0, 0.1) is 17.8 Å². The van der Waals surface area contributed by atoms with Gasteiger partial charge in [0.05, 0.1) is 0 Å². The fourth-order valence-corrected chi connectivity index (χ4v) is 3.34. The fourth-order valence-electron chi connectivity index (χ4n) is 3.34. The summed E-state index contributed by atoms with van der Waals surface area (Å²) in [6, 6.07) is 3.60. The van der Waals surface area contributed by atoms with E-state index in [1.807, 2.05) is 0 Å². The van der Waals surface area contributed by atoms with Gasteiger partial charge in [-0.3, -0.25) is 14.6 Å². The van der Waals surface area contributed by atoms with Crippen LogP contribution in [0.1, 0.15) is 45.4 Å². The van der Waals surface area contributed by atoms with Gasteiger partial charge in [-0.2, -0.15) is 0 Å². The maximum atomic E-state index is 12.2. The number of hydrogen-bond acceptors (Lipinski definition) is 3. The van der Waals surface area contributed by atoms with E-state index in [9.17, 15) is 9.59 Å². The lowest BCUT2D eigenvalue weighted by Crippen LogP contribution is -2.28. The number of primary amides is 1. The van der Waals surface area contributed by atoms with Crippen molar-refractivity contribution < 1.29 is 9.59 Å². The minimum atomic E-state index is -0.224. The monoisotopic (exact) mass is 303 g/mol. The third-order valence-corrected chi connectivity index (χ3v) is 4.45. The van der Waals surface area contributed by atoms with Gasteiger partial charge in [0.2, 0.25) is 11.8 Å². The van der Waals surface area contributed by atoms with Crippen LogP contribution in [0.4, 0.5) is 5.69 Å². The third kappa shape index (κ3) is 5.13. The van der Waals surface area contributed by atoms with Crippen LogP contribution in [0.25, 0.3) is 0 Å². The summed E-state index contributed by atoms with van der Waals surface area (Å²) >= 11 is 0. The number of nitrogens with zero attached hydrogens (tertiary/aromatic N) is 1. The summed E-state index contributed by atoms with van der Waals surface area (Å²) in [5.74, 6) is 0.924. The average Bonchev–Trinajstić information content (AvgIpc) is 2.48. The van der Waals surface area contributed by atoms with E-state index in [1.165, 1.54) is 0 Å². The smallest absolute Gasteiger partial charge is 0.227 e. The lowest BCUT2D eigenvalue weighted by molar-refractivity contribution is -0.121. The molecule has 2 amide bonds. The molecule has 5 heteroatoms. The van der Waals surface area contributed by atoms with Crippen LogP contribution in [0.3, 0.4) is 0 Å². The summed E-state index contributed by atoms with van der Waals surface area (Å²) < 4.78 is 0. The highest BCUT2D eigenvalue weighted by molar-refractivity contribution is 5.92. The SMILES string of the molecule is CC(CC(N)=O)CC1CCC(C(=O)Nc2ccncc2)CC1. The standard InChI is InChI=1S/C17H25N3O2/c1-12(11-16(18)21)10-13-2-4-14(5-3-13)17(22)20-15-6-8-19-9-7-15/h6-9,12-14H,2-5,10-11H2,1H3,(H2,18,21)(H,19,20,22). The first-order chi connectivity index (χ1) is 10.5. The summed E-state index contributed by atoms with van der Waals surface area (Å²) in [6.07, 6.45) is 8.79. The second-order valence-corrected chi connectivity index (χ2v) is 6.45. The van der Waals surface area contributed by atoms with Crippen molar-refractivity contribution in [2.75, 3.05) is 5.32 Å². The van der Waals surface area contributed by atoms with E-state index in [0.717, 1.165) is 37.8 Å². The van der Waals surface area contributed by atoms with Crippen molar-refractivity contribution in [3.05, 3.63) is 24.5 Å². The normalized spacial score (nSPS) is 22.8. The molecule has 1 aromatic rings. The molecule has 0 aromatic carbocycles. The van der Waals surface area contributed by atoms with E-state index in [2.05, 4.69) is 17.2 Å². The molecule has 2 rings (SSSR count). The Labute approximate surface area is 131 Å². The van der Waals surface area contributed by atoms with E-state index < -0.39 is 0 Å². The quantitative estimate of drug-likeness (QED) is 0.847. The number of carbonyl (C=O) groups excluding carboxylic acids is 2. The predicted octanol–water partition coefficient (Wildman–Crippen LogP) is 2.73. The van der Waals surface area contributed by atoms with Crippen LogP contribution in [0.15, 0.2) is 24.5 Å². The van der Waals surface area contributed by atoms with Crippen LogP contribution in [0.2, 0.25) is 0 Å². The summed E-state index contributed by atoms with van der Waals surface area (Å²) in [5.41, 5.74) is 6.04. The highest BCUT2D eigenvalue weighted by atomic mass is 16.2. The minimum Gasteiger partial charge on any atom is -0.370 e. The number of nitrogens with one attached hydrogen (secondary N) is 1. The molecule has 5 nitrogen and oxygen atoms in total. The van der Waals surface area contributed by atoms with Gasteiger partial charge in [-0.15, -0.1) is 0 Å². The molecular formula is C17H25N3O2. The first kappa shape index (κ1) is 16.5. The predicted molar refractivity (Wildman–Crippen MR) is 85.9 cm³/mol. The highest BCUT2D eigenvalue weighted by Crippen LogP contribution is 2.33. The number of hydrogen-bond donors (Lipinski definition) is 2. The van der Waals surface area contributed by atoms with Crippen LogP contribution in [-0.2, 0) is 9.59 Å². The molecule has 3 N–H and O–H groups in total. The molecule has 0 spiro atoms. The second-order valence-electron chi connectivity index (χ2n) is 6.45. The third-order valence-electron chi connectivity index (χ3n) is 4.45. The Kier molecular flexibility index (Phi) is 5.92. The molecule has 120 valence electrons. The van der Waals surface area contributed by atoms with Gasteiger partial charge >= 0.3 is 0 Å². The van der Waals surface area contributed by atoms with Crippen molar-refractivity contribution in [2.24, 2.45) is 23.5 Å². The zero-order valence-corrected chi connectivity index (χ0v) is 13.1. The molecule has 1 aromatic heterocycles. The van der Waals surface area contributed by atoms with E-state index in [-0.39, 0.29) is 17.7 Å². The summed E-state index contributed by atoms with van der Waals surface area (Å²) in [5, 5.41) is 2.95. The molecule has 0 aliphatic heterocycles. The Balaban J connectivity index is 1.74. The lowest BCUT2D eigenvalue weighted by atomic mass is 9.77. The Morgan fingerprint density at radius 2 is 1.91 bits per heavy atom. The summed E-state index contributed by atoms with van der Waals surface area (Å²) in [7, 11) is 0. The second kappa shape index (κ2) is 7.92. The van der Waals surface area contributed by atoms with E-state index in [1.54, 1.807) is 24.5 Å². The lowest BCUT2D eigenvalue weighted by Gasteiger charge is -2.29. The molecule has 1 unspecified atom stereocenters. The van der Waals surface area contributed by atoms with Gasteiger partial charge in [0, 0.05) is 30.4 Å². The highest BCUT2D eigenvalue weighted by Gasteiger charge is 2.27. The number of anilines is 1. The zero-order valence-electron chi connectivity index (χ0n) is 13.1. The van der Waals surface area contributed by atoms with Gasteiger partial charge in [0.15, 0.2) is 0 Å². The number of nitrogens with two attached hydrogens (primary N) is 1. The maximum Gasteiger partial charge on any atom is 0.227 e. The zero-order chi connectivity index (χ0) is 15.9. The van der Waals surface area contributed by atoms with Gasteiger partial charge in [-0.1, -0.05) is 6.92 Å². The number of pyridine rings is 1. The molecule has 1 saturated carbocycles. The summed E-state index contributed by atoms with van der Waals surface area (Å²) in [6.45, 7) is 2.08. The number of rotatable bonds is 6. The van der Waals surface area contributed by atoms with E-state index in [0.29, 0.717) is 18.3 Å².